The van der Waals surface area contributed by atoms with E-state index in [0.29, 0.717) is 10.8 Å². The summed E-state index contributed by atoms with van der Waals surface area (Å²) in [7, 11) is -4.69. The first-order valence-corrected chi connectivity index (χ1v) is 7.34. The number of rotatable bonds is 5. The zero-order valence-electron chi connectivity index (χ0n) is 11.3. The normalized spacial score (nSPS) is 14.7. The fourth-order valence-electron chi connectivity index (χ4n) is 1.20. The minimum atomic E-state index is -4.69. The molecule has 0 amide bonds. The van der Waals surface area contributed by atoms with Gasteiger partial charge in [0.2, 0.25) is 0 Å². The van der Waals surface area contributed by atoms with Crippen molar-refractivity contribution in [3.8, 4) is 5.75 Å². The summed E-state index contributed by atoms with van der Waals surface area (Å²) in [4.78, 5) is 30.7. The summed E-state index contributed by atoms with van der Waals surface area (Å²) in [5.74, 6) is -2.06. The van der Waals surface area contributed by atoms with Crippen molar-refractivity contribution in [1.29, 1.82) is 0 Å². The van der Waals surface area contributed by atoms with Gasteiger partial charge in [-0.3, -0.25) is 0 Å². The van der Waals surface area contributed by atoms with Crippen molar-refractivity contribution in [2.75, 3.05) is 6.61 Å². The van der Waals surface area contributed by atoms with Gasteiger partial charge in [0.25, 0.3) is 0 Å². The summed E-state index contributed by atoms with van der Waals surface area (Å²) < 4.78 is 20.3. The number of ether oxygens (including phenoxy) is 2. The molecule has 2 atom stereocenters. The molecule has 0 fully saturated rings. The van der Waals surface area contributed by atoms with Gasteiger partial charge in [0.15, 0.2) is 20.0 Å². The minimum Gasteiger partial charge on any atom is -0.776 e. The zero-order valence-corrected chi connectivity index (χ0v) is 15.0. The Labute approximate surface area is 143 Å². The van der Waals surface area contributed by atoms with Crippen molar-refractivity contribution in [2.45, 2.75) is 19.7 Å². The molecule has 2 unspecified atom stereocenters. The van der Waals surface area contributed by atoms with Crippen molar-refractivity contribution in [3.05, 3.63) is 28.8 Å². The summed E-state index contributed by atoms with van der Waals surface area (Å²) in [6.07, 6.45) is 0. The Balaban J connectivity index is 0.00000361. The van der Waals surface area contributed by atoms with E-state index in [9.17, 15) is 14.3 Å². The van der Waals surface area contributed by atoms with Crippen LogP contribution < -0.4 is 39.2 Å². The summed E-state index contributed by atoms with van der Waals surface area (Å²) in [6, 6.07) is 4.83. The van der Waals surface area contributed by atoms with Crippen LogP contribution in [-0.4, -0.2) is 23.3 Å². The van der Waals surface area contributed by atoms with Gasteiger partial charge in [-0.25, -0.2) is 4.79 Å². The van der Waals surface area contributed by atoms with E-state index in [-0.39, 0.29) is 29.6 Å². The molecule has 0 saturated carbocycles. The molecule has 0 radical (unpaired) electrons. The number of esters is 1. The second-order valence-electron chi connectivity index (χ2n) is 3.85. The van der Waals surface area contributed by atoms with Crippen LogP contribution in [0.2, 0.25) is 5.02 Å². The molecule has 106 valence electrons. The number of carbonyl (C=O) groups is 1. The first kappa shape index (κ1) is 19.9. The molecule has 0 aliphatic carbocycles. The molecular weight excluding hydrogens is 318 g/mol. The fourth-order valence-corrected chi connectivity index (χ4v) is 1.68. The van der Waals surface area contributed by atoms with Crippen LogP contribution in [0.25, 0.3) is 0 Å². The van der Waals surface area contributed by atoms with Crippen molar-refractivity contribution >= 4 is 25.2 Å². The Kier molecular flexibility index (Phi) is 8.36. The first-order chi connectivity index (χ1) is 8.70. The fraction of sp³-hybridized carbons (Fsp3) is 0.364. The van der Waals surface area contributed by atoms with Gasteiger partial charge in [-0.15, -0.1) is 0 Å². The molecule has 20 heavy (non-hydrogen) atoms. The SMILES string of the molecule is Cc1cc(Cl)ccc1OCC(=O)OC(C)P(=O)([O-])O.[Na+]. The molecule has 0 heterocycles. The van der Waals surface area contributed by atoms with Crippen LogP contribution in [0.3, 0.4) is 0 Å². The van der Waals surface area contributed by atoms with Crippen molar-refractivity contribution in [2.24, 2.45) is 0 Å². The maximum atomic E-state index is 11.3. The average molecular weight is 331 g/mol. The number of hydrogen-bond acceptors (Lipinski definition) is 5. The van der Waals surface area contributed by atoms with E-state index in [1.807, 2.05) is 0 Å². The smallest absolute Gasteiger partial charge is 0.776 e. The van der Waals surface area contributed by atoms with E-state index in [1.165, 1.54) is 0 Å². The minimum absolute atomic E-state index is 0. The molecule has 1 aromatic rings. The molecule has 1 aromatic carbocycles. The molecular formula is C11H13ClNaO6P. The van der Waals surface area contributed by atoms with E-state index in [1.54, 1.807) is 25.1 Å². The molecule has 1 rings (SSSR count). The topological polar surface area (TPSA) is 95.9 Å². The molecule has 0 aliphatic rings. The average Bonchev–Trinajstić information content (AvgIpc) is 2.26. The number of benzene rings is 1. The summed E-state index contributed by atoms with van der Waals surface area (Å²) in [5.41, 5.74) is 0.727. The van der Waals surface area contributed by atoms with E-state index >= 15 is 0 Å². The molecule has 0 spiro atoms. The van der Waals surface area contributed by atoms with Gasteiger partial charge in [-0.05, 0) is 37.6 Å². The van der Waals surface area contributed by atoms with Gasteiger partial charge in [0.05, 0.1) is 0 Å². The van der Waals surface area contributed by atoms with Crippen LogP contribution >= 0.6 is 19.2 Å². The Morgan fingerprint density at radius 2 is 2.15 bits per heavy atom. The van der Waals surface area contributed by atoms with Crippen molar-refractivity contribution < 1.29 is 58.2 Å². The quantitative estimate of drug-likeness (QED) is 0.400. The van der Waals surface area contributed by atoms with E-state index in [2.05, 4.69) is 4.74 Å². The van der Waals surface area contributed by atoms with Gasteiger partial charge in [-0.2, -0.15) is 0 Å². The summed E-state index contributed by atoms with van der Waals surface area (Å²) in [5, 5.41) is 0.536. The molecule has 0 aromatic heterocycles. The molecule has 6 nitrogen and oxygen atoms in total. The van der Waals surface area contributed by atoms with Crippen LogP contribution in [0.5, 0.6) is 5.75 Å². The van der Waals surface area contributed by atoms with Crippen LogP contribution in [0.15, 0.2) is 18.2 Å². The molecule has 1 N–H and O–H groups in total. The molecule has 0 bridgehead atoms. The van der Waals surface area contributed by atoms with E-state index < -0.39 is 26.0 Å². The first-order valence-electron chi connectivity index (χ1n) is 5.32. The monoisotopic (exact) mass is 330 g/mol. The standard InChI is InChI=1S/C11H14ClO6P.Na/c1-7-5-9(12)3-4-10(7)17-6-11(13)18-8(2)19(14,15)16;/h3-5,8H,6H2,1-2H3,(H2,14,15,16);/q;+1/p-1. The van der Waals surface area contributed by atoms with Crippen LogP contribution in [-0.2, 0) is 14.1 Å². The van der Waals surface area contributed by atoms with E-state index in [0.717, 1.165) is 12.5 Å². The van der Waals surface area contributed by atoms with Crippen LogP contribution in [0, 0.1) is 6.92 Å². The van der Waals surface area contributed by atoms with Crippen LogP contribution in [0.1, 0.15) is 12.5 Å². The predicted molar refractivity (Wildman–Crippen MR) is 67.1 cm³/mol. The Morgan fingerprint density at radius 3 is 2.65 bits per heavy atom. The maximum Gasteiger partial charge on any atom is 1.00 e. The predicted octanol–water partition coefficient (Wildman–Crippen LogP) is -1.53. The third-order valence-corrected chi connectivity index (χ3v) is 3.50. The summed E-state index contributed by atoms with van der Waals surface area (Å²) >= 11 is 5.76. The summed E-state index contributed by atoms with van der Waals surface area (Å²) in [6.45, 7) is 2.33. The van der Waals surface area contributed by atoms with Crippen molar-refractivity contribution in [3.63, 3.8) is 0 Å². The van der Waals surface area contributed by atoms with E-state index in [4.69, 9.17) is 21.2 Å². The molecule has 9 heteroatoms. The van der Waals surface area contributed by atoms with Gasteiger partial charge in [0.1, 0.15) is 5.75 Å². The molecule has 0 saturated heterocycles. The van der Waals surface area contributed by atoms with Gasteiger partial charge in [-0.1, -0.05) is 11.6 Å². The Bertz CT molecular complexity index is 518. The Hall–Kier alpha value is -0.0700. The second-order valence-corrected chi connectivity index (χ2v) is 6.14. The number of aryl methyl sites for hydroxylation is 1. The van der Waals surface area contributed by atoms with Gasteiger partial charge < -0.3 is 23.8 Å². The Morgan fingerprint density at radius 1 is 1.55 bits per heavy atom. The van der Waals surface area contributed by atoms with Crippen LogP contribution in [0.4, 0.5) is 0 Å². The second kappa shape index (κ2) is 8.39. The van der Waals surface area contributed by atoms with Gasteiger partial charge >= 0.3 is 35.5 Å². The maximum absolute atomic E-state index is 11.3. The third-order valence-electron chi connectivity index (χ3n) is 2.24. The largest absolute Gasteiger partial charge is 1.00 e. The van der Waals surface area contributed by atoms with Gasteiger partial charge in [0, 0.05) is 5.02 Å². The third kappa shape index (κ3) is 6.59. The number of carbonyl (C=O) groups excluding carboxylic acids is 1. The molecule has 0 aliphatic heterocycles. The zero-order chi connectivity index (χ0) is 14.6. The number of hydrogen-bond donors (Lipinski definition) is 1. The van der Waals surface area contributed by atoms with Crippen molar-refractivity contribution in [1.82, 2.24) is 0 Å². The number of halogens is 1.